The molecular weight excluding hydrogens is 268 g/mol. The molecule has 21 heavy (non-hydrogen) atoms. The summed E-state index contributed by atoms with van der Waals surface area (Å²) >= 11 is 0. The van der Waals surface area contributed by atoms with Crippen molar-refractivity contribution in [1.29, 1.82) is 0 Å². The Morgan fingerprint density at radius 2 is 2.00 bits per heavy atom. The lowest BCUT2D eigenvalue weighted by atomic mass is 9.94. The van der Waals surface area contributed by atoms with E-state index in [1.54, 1.807) is 9.80 Å². The lowest BCUT2D eigenvalue weighted by Gasteiger charge is -2.38. The number of hydrogen-bond acceptors (Lipinski definition) is 2. The third-order valence-corrected chi connectivity index (χ3v) is 4.60. The molecular formula is C16H20N2O3. The Morgan fingerprint density at radius 1 is 1.24 bits per heavy atom. The molecule has 2 unspecified atom stereocenters. The van der Waals surface area contributed by atoms with Gasteiger partial charge in [-0.25, -0.2) is 4.79 Å². The van der Waals surface area contributed by atoms with E-state index < -0.39 is 11.9 Å². The Hall–Kier alpha value is -2.04. The minimum atomic E-state index is -0.804. The first-order chi connectivity index (χ1) is 10.1. The van der Waals surface area contributed by atoms with Gasteiger partial charge in [0.25, 0.3) is 0 Å². The molecule has 2 aliphatic heterocycles. The molecule has 3 rings (SSSR count). The van der Waals surface area contributed by atoms with Crippen LogP contribution in [-0.4, -0.2) is 41.1 Å². The molecule has 2 aliphatic rings. The van der Waals surface area contributed by atoms with Gasteiger partial charge in [0.15, 0.2) is 0 Å². The number of urea groups is 1. The summed E-state index contributed by atoms with van der Waals surface area (Å²) < 4.78 is 0. The van der Waals surface area contributed by atoms with Gasteiger partial charge in [0.2, 0.25) is 0 Å². The molecule has 1 fully saturated rings. The summed E-state index contributed by atoms with van der Waals surface area (Å²) in [6.45, 7) is 2.99. The van der Waals surface area contributed by atoms with Crippen molar-refractivity contribution in [2.75, 3.05) is 18.0 Å². The van der Waals surface area contributed by atoms with Crippen LogP contribution in [0.15, 0.2) is 24.3 Å². The molecule has 0 saturated carbocycles. The number of amides is 2. The topological polar surface area (TPSA) is 60.9 Å². The zero-order chi connectivity index (χ0) is 15.0. The van der Waals surface area contributed by atoms with Gasteiger partial charge in [0.1, 0.15) is 0 Å². The lowest BCUT2D eigenvalue weighted by molar-refractivity contribution is -0.143. The molecule has 1 aromatic carbocycles. The number of carboxylic acids is 1. The van der Waals surface area contributed by atoms with E-state index in [4.69, 9.17) is 0 Å². The maximum absolute atomic E-state index is 12.8. The summed E-state index contributed by atoms with van der Waals surface area (Å²) in [7, 11) is 0. The summed E-state index contributed by atoms with van der Waals surface area (Å²) in [5.74, 6) is -1.25. The van der Waals surface area contributed by atoms with Gasteiger partial charge in [-0.3, -0.25) is 9.69 Å². The molecule has 2 heterocycles. The minimum Gasteiger partial charge on any atom is -0.481 e. The number of carbonyl (C=O) groups excluding carboxylic acids is 1. The van der Waals surface area contributed by atoms with E-state index in [0.717, 1.165) is 18.5 Å². The Labute approximate surface area is 124 Å². The molecule has 1 N–H and O–H groups in total. The number of rotatable bonds is 1. The highest BCUT2D eigenvalue weighted by atomic mass is 16.4. The summed E-state index contributed by atoms with van der Waals surface area (Å²) in [6, 6.07) is 7.96. The van der Waals surface area contributed by atoms with Crippen LogP contribution in [-0.2, 0) is 11.2 Å². The fourth-order valence-electron chi connectivity index (χ4n) is 3.27. The molecule has 5 heteroatoms. The lowest BCUT2D eigenvalue weighted by Crippen LogP contribution is -2.52. The van der Waals surface area contributed by atoms with Gasteiger partial charge in [-0.15, -0.1) is 0 Å². The van der Waals surface area contributed by atoms with Crippen molar-refractivity contribution in [3.05, 3.63) is 29.8 Å². The highest BCUT2D eigenvalue weighted by Gasteiger charge is 2.36. The maximum atomic E-state index is 12.8. The van der Waals surface area contributed by atoms with Gasteiger partial charge in [-0.05, 0) is 37.8 Å². The third-order valence-electron chi connectivity index (χ3n) is 4.60. The Morgan fingerprint density at radius 3 is 2.76 bits per heavy atom. The predicted molar refractivity (Wildman–Crippen MR) is 79.4 cm³/mol. The van der Waals surface area contributed by atoms with Gasteiger partial charge in [0.05, 0.1) is 5.92 Å². The predicted octanol–water partition coefficient (Wildman–Crippen LogP) is 2.35. The first-order valence-electron chi connectivity index (χ1n) is 7.47. The van der Waals surface area contributed by atoms with Crippen molar-refractivity contribution in [1.82, 2.24) is 4.90 Å². The summed E-state index contributed by atoms with van der Waals surface area (Å²) in [4.78, 5) is 27.5. The van der Waals surface area contributed by atoms with Gasteiger partial charge >= 0.3 is 12.0 Å². The maximum Gasteiger partial charge on any atom is 0.324 e. The molecule has 5 nitrogen and oxygen atoms in total. The molecule has 1 aromatic rings. The number of anilines is 1. The first-order valence-corrected chi connectivity index (χ1v) is 7.47. The van der Waals surface area contributed by atoms with Crippen LogP contribution in [0.3, 0.4) is 0 Å². The van der Waals surface area contributed by atoms with E-state index in [1.807, 2.05) is 31.2 Å². The van der Waals surface area contributed by atoms with E-state index in [-0.39, 0.29) is 12.1 Å². The van der Waals surface area contributed by atoms with Crippen LogP contribution in [0.1, 0.15) is 25.3 Å². The van der Waals surface area contributed by atoms with Crippen LogP contribution >= 0.6 is 0 Å². The highest BCUT2D eigenvalue weighted by Crippen LogP contribution is 2.31. The van der Waals surface area contributed by atoms with Crippen LogP contribution in [0.4, 0.5) is 10.5 Å². The number of benzene rings is 1. The SMILES string of the molecule is CC1CCC(C(=O)O)CN1C(=O)N1CCc2ccccc21. The van der Waals surface area contributed by atoms with Crippen molar-refractivity contribution < 1.29 is 14.7 Å². The van der Waals surface area contributed by atoms with Crippen LogP contribution in [0, 0.1) is 5.92 Å². The smallest absolute Gasteiger partial charge is 0.324 e. The van der Waals surface area contributed by atoms with Crippen LogP contribution in [0.5, 0.6) is 0 Å². The Bertz CT molecular complexity index is 572. The Balaban J connectivity index is 1.80. The van der Waals surface area contributed by atoms with Crippen molar-refractivity contribution in [2.45, 2.75) is 32.2 Å². The van der Waals surface area contributed by atoms with E-state index in [0.29, 0.717) is 19.5 Å². The number of carboxylic acid groups (broad SMARTS) is 1. The standard InChI is InChI=1S/C16H20N2O3/c1-11-6-7-13(15(19)20)10-18(11)16(21)17-9-8-12-4-2-3-5-14(12)17/h2-5,11,13H,6-10H2,1H3,(H,19,20). The average molecular weight is 288 g/mol. The summed E-state index contributed by atoms with van der Waals surface area (Å²) in [5.41, 5.74) is 2.15. The Kier molecular flexibility index (Phi) is 3.57. The molecule has 1 saturated heterocycles. The highest BCUT2D eigenvalue weighted by molar-refractivity contribution is 5.94. The first kappa shape index (κ1) is 13.9. The second-order valence-electron chi connectivity index (χ2n) is 5.93. The number of piperidine rings is 1. The second-order valence-corrected chi connectivity index (χ2v) is 5.93. The van der Waals surface area contributed by atoms with Gasteiger partial charge in [-0.1, -0.05) is 18.2 Å². The average Bonchev–Trinajstić information content (AvgIpc) is 2.90. The monoisotopic (exact) mass is 288 g/mol. The van der Waals surface area contributed by atoms with E-state index >= 15 is 0 Å². The second kappa shape index (κ2) is 5.39. The number of hydrogen-bond donors (Lipinski definition) is 1. The van der Waals surface area contributed by atoms with Crippen LogP contribution in [0.2, 0.25) is 0 Å². The largest absolute Gasteiger partial charge is 0.481 e. The third kappa shape index (κ3) is 2.48. The molecule has 0 aliphatic carbocycles. The van der Waals surface area contributed by atoms with Crippen molar-refractivity contribution in [3.63, 3.8) is 0 Å². The van der Waals surface area contributed by atoms with E-state index in [9.17, 15) is 14.7 Å². The van der Waals surface area contributed by atoms with Gasteiger partial charge in [-0.2, -0.15) is 0 Å². The fourth-order valence-corrected chi connectivity index (χ4v) is 3.27. The molecule has 0 radical (unpaired) electrons. The van der Waals surface area contributed by atoms with Gasteiger partial charge < -0.3 is 10.0 Å². The van der Waals surface area contributed by atoms with Crippen LogP contribution < -0.4 is 4.90 Å². The quantitative estimate of drug-likeness (QED) is 0.863. The minimum absolute atomic E-state index is 0.0570. The number of fused-ring (bicyclic) bond motifs is 1. The number of likely N-dealkylation sites (tertiary alicyclic amines) is 1. The molecule has 0 bridgehead atoms. The van der Waals surface area contributed by atoms with E-state index in [1.165, 1.54) is 5.56 Å². The zero-order valence-electron chi connectivity index (χ0n) is 12.2. The zero-order valence-corrected chi connectivity index (χ0v) is 12.2. The normalized spacial score (nSPS) is 24.8. The van der Waals surface area contributed by atoms with Crippen LogP contribution in [0.25, 0.3) is 0 Å². The van der Waals surface area contributed by atoms with Crippen molar-refractivity contribution in [3.8, 4) is 0 Å². The van der Waals surface area contributed by atoms with Gasteiger partial charge in [0, 0.05) is 24.8 Å². The number of carbonyl (C=O) groups is 2. The summed E-state index contributed by atoms with van der Waals surface area (Å²) in [6.07, 6.45) is 2.27. The number of aliphatic carboxylic acids is 1. The molecule has 0 spiro atoms. The molecule has 0 aromatic heterocycles. The molecule has 2 atom stereocenters. The van der Waals surface area contributed by atoms with Crippen molar-refractivity contribution >= 4 is 17.7 Å². The number of nitrogens with zero attached hydrogens (tertiary/aromatic N) is 2. The number of para-hydroxylation sites is 1. The summed E-state index contributed by atoms with van der Waals surface area (Å²) in [5, 5.41) is 9.20. The van der Waals surface area contributed by atoms with E-state index in [2.05, 4.69) is 0 Å². The molecule has 2 amide bonds. The van der Waals surface area contributed by atoms with Crippen molar-refractivity contribution in [2.24, 2.45) is 5.92 Å². The molecule has 112 valence electrons. The fraction of sp³-hybridized carbons (Fsp3) is 0.500.